The van der Waals surface area contributed by atoms with E-state index in [2.05, 4.69) is 20.4 Å². The first kappa shape index (κ1) is 17.6. The molecule has 0 bridgehead atoms. The third kappa shape index (κ3) is 3.96. The van der Waals surface area contributed by atoms with Gasteiger partial charge in [0.1, 0.15) is 12.1 Å². The molecule has 2 aromatic heterocycles. The Morgan fingerprint density at radius 2 is 1.96 bits per heavy atom. The van der Waals surface area contributed by atoms with Crippen molar-refractivity contribution in [3.05, 3.63) is 65.9 Å². The molecule has 1 aliphatic rings. The summed E-state index contributed by atoms with van der Waals surface area (Å²) in [5, 5.41) is 10.7. The van der Waals surface area contributed by atoms with Gasteiger partial charge in [0.05, 0.1) is 24.8 Å². The highest BCUT2D eigenvalue weighted by Gasteiger charge is 2.23. The summed E-state index contributed by atoms with van der Waals surface area (Å²) in [6, 6.07) is 9.87. The van der Waals surface area contributed by atoms with Crippen LogP contribution in [0.2, 0.25) is 0 Å². The highest BCUT2D eigenvalue weighted by Crippen LogP contribution is 2.22. The number of amides is 1. The number of carbonyl (C=O) groups is 1. The molecule has 1 N–H and O–H groups in total. The van der Waals surface area contributed by atoms with E-state index in [0.717, 1.165) is 18.7 Å². The van der Waals surface area contributed by atoms with Crippen LogP contribution in [-0.2, 0) is 4.74 Å². The monoisotopic (exact) mass is 369 g/mol. The number of halogens is 1. The van der Waals surface area contributed by atoms with Crippen LogP contribution in [0.1, 0.15) is 22.0 Å². The summed E-state index contributed by atoms with van der Waals surface area (Å²) in [6.45, 7) is 3.26. The van der Waals surface area contributed by atoms with Gasteiger partial charge < -0.3 is 10.1 Å². The quantitative estimate of drug-likeness (QED) is 0.741. The third-order valence-corrected chi connectivity index (χ3v) is 4.75. The minimum atomic E-state index is -0.272. The number of nitrogens with zero attached hydrogens (tertiary/aromatic N) is 4. The number of aromatic nitrogens is 3. The van der Waals surface area contributed by atoms with Gasteiger partial charge in [-0.2, -0.15) is 0 Å². The molecular formula is C19H20FN5O2. The molecule has 3 aromatic rings. The number of nitrogens with one attached hydrogen (secondary N) is 1. The van der Waals surface area contributed by atoms with E-state index in [1.807, 2.05) is 0 Å². The molecular weight excluding hydrogens is 349 g/mol. The maximum absolute atomic E-state index is 13.3. The summed E-state index contributed by atoms with van der Waals surface area (Å²) >= 11 is 0. The number of benzene rings is 1. The molecule has 140 valence electrons. The zero-order valence-corrected chi connectivity index (χ0v) is 14.7. The zero-order valence-electron chi connectivity index (χ0n) is 14.7. The third-order valence-electron chi connectivity index (χ3n) is 4.75. The van der Waals surface area contributed by atoms with Crippen LogP contribution < -0.4 is 5.32 Å². The summed E-state index contributed by atoms with van der Waals surface area (Å²) in [5.41, 5.74) is 2.18. The standard InChI is InChI=1S/C19H20FN5O2/c20-16-4-1-14(2-5-16)17(24-7-9-27-10-8-24)11-21-19(26)15-3-6-18-23-22-13-25(18)12-15/h1-6,12-13,17H,7-11H2,(H,21,26). The van der Waals surface area contributed by atoms with Crippen molar-refractivity contribution in [1.29, 1.82) is 0 Å². The van der Waals surface area contributed by atoms with Crippen molar-refractivity contribution >= 4 is 11.6 Å². The second-order valence-corrected chi connectivity index (χ2v) is 6.44. The minimum Gasteiger partial charge on any atom is -0.379 e. The topological polar surface area (TPSA) is 71.8 Å². The normalized spacial score (nSPS) is 16.3. The highest BCUT2D eigenvalue weighted by atomic mass is 19.1. The molecule has 8 heteroatoms. The Bertz CT molecular complexity index is 921. The number of morpholine rings is 1. The molecule has 1 amide bonds. The number of hydrogen-bond donors (Lipinski definition) is 1. The molecule has 1 saturated heterocycles. The fraction of sp³-hybridized carbons (Fsp3) is 0.316. The van der Waals surface area contributed by atoms with Gasteiger partial charge in [-0.1, -0.05) is 12.1 Å². The predicted molar refractivity (Wildman–Crippen MR) is 96.9 cm³/mol. The molecule has 1 atom stereocenters. The molecule has 1 fully saturated rings. The van der Waals surface area contributed by atoms with Crippen molar-refractivity contribution in [2.75, 3.05) is 32.8 Å². The maximum Gasteiger partial charge on any atom is 0.252 e. The summed E-state index contributed by atoms with van der Waals surface area (Å²) < 4.78 is 20.4. The van der Waals surface area contributed by atoms with E-state index in [1.54, 1.807) is 41.2 Å². The maximum atomic E-state index is 13.3. The van der Waals surface area contributed by atoms with Gasteiger partial charge in [-0.15, -0.1) is 10.2 Å². The molecule has 0 aliphatic carbocycles. The van der Waals surface area contributed by atoms with Crippen LogP contribution in [-0.4, -0.2) is 58.3 Å². The second-order valence-electron chi connectivity index (χ2n) is 6.44. The Morgan fingerprint density at radius 3 is 2.74 bits per heavy atom. The van der Waals surface area contributed by atoms with Crippen LogP contribution >= 0.6 is 0 Å². The van der Waals surface area contributed by atoms with Gasteiger partial charge in [0, 0.05) is 25.8 Å². The molecule has 1 aromatic carbocycles. The summed E-state index contributed by atoms with van der Waals surface area (Å²) in [6.07, 6.45) is 3.26. The number of ether oxygens (including phenoxy) is 1. The van der Waals surface area contributed by atoms with Crippen LogP contribution in [0.5, 0.6) is 0 Å². The van der Waals surface area contributed by atoms with Gasteiger partial charge >= 0.3 is 0 Å². The molecule has 0 spiro atoms. The lowest BCUT2D eigenvalue weighted by molar-refractivity contribution is 0.0162. The first-order chi connectivity index (χ1) is 13.2. The van der Waals surface area contributed by atoms with Gasteiger partial charge in [0.25, 0.3) is 5.91 Å². The lowest BCUT2D eigenvalue weighted by Crippen LogP contribution is -2.43. The van der Waals surface area contributed by atoms with Gasteiger partial charge in [0.2, 0.25) is 0 Å². The molecule has 1 unspecified atom stereocenters. The second kappa shape index (κ2) is 7.81. The number of carbonyl (C=O) groups excluding carboxylic acids is 1. The van der Waals surface area contributed by atoms with Crippen LogP contribution in [0.4, 0.5) is 4.39 Å². The van der Waals surface area contributed by atoms with Crippen LogP contribution in [0.25, 0.3) is 5.65 Å². The van der Waals surface area contributed by atoms with E-state index < -0.39 is 0 Å². The Labute approximate surface area is 155 Å². The van der Waals surface area contributed by atoms with Gasteiger partial charge in [-0.05, 0) is 29.8 Å². The molecule has 1 aliphatic heterocycles. The van der Waals surface area contributed by atoms with Crippen LogP contribution in [0.15, 0.2) is 48.9 Å². The molecule has 4 rings (SSSR count). The summed E-state index contributed by atoms with van der Waals surface area (Å²) in [4.78, 5) is 14.9. The van der Waals surface area contributed by atoms with Crippen molar-refractivity contribution in [3.63, 3.8) is 0 Å². The van der Waals surface area contributed by atoms with Crippen molar-refractivity contribution in [1.82, 2.24) is 24.8 Å². The molecule has 7 nitrogen and oxygen atoms in total. The zero-order chi connectivity index (χ0) is 18.6. The summed E-state index contributed by atoms with van der Waals surface area (Å²) in [5.74, 6) is -0.447. The number of rotatable bonds is 5. The average Bonchev–Trinajstić information content (AvgIpc) is 3.18. The summed E-state index contributed by atoms with van der Waals surface area (Å²) in [7, 11) is 0. The van der Waals surface area contributed by atoms with Gasteiger partial charge in [0.15, 0.2) is 5.65 Å². The van der Waals surface area contributed by atoms with Crippen LogP contribution in [0.3, 0.4) is 0 Å². The lowest BCUT2D eigenvalue weighted by Gasteiger charge is -2.35. The first-order valence-corrected chi connectivity index (χ1v) is 8.85. The number of fused-ring (bicyclic) bond motifs is 1. The molecule has 0 radical (unpaired) electrons. The van der Waals surface area contributed by atoms with E-state index in [-0.39, 0.29) is 17.8 Å². The van der Waals surface area contributed by atoms with E-state index in [1.165, 1.54) is 12.1 Å². The number of pyridine rings is 1. The van der Waals surface area contributed by atoms with Crippen molar-refractivity contribution in [3.8, 4) is 0 Å². The first-order valence-electron chi connectivity index (χ1n) is 8.85. The van der Waals surface area contributed by atoms with E-state index in [0.29, 0.717) is 31.0 Å². The van der Waals surface area contributed by atoms with Crippen molar-refractivity contribution in [2.24, 2.45) is 0 Å². The van der Waals surface area contributed by atoms with Crippen molar-refractivity contribution in [2.45, 2.75) is 6.04 Å². The Kier molecular flexibility index (Phi) is 5.08. The SMILES string of the molecule is O=C(NCC(c1ccc(F)cc1)N1CCOCC1)c1ccc2nncn2c1. The van der Waals surface area contributed by atoms with E-state index in [4.69, 9.17) is 4.74 Å². The Morgan fingerprint density at radius 1 is 1.19 bits per heavy atom. The highest BCUT2D eigenvalue weighted by molar-refractivity contribution is 5.94. The van der Waals surface area contributed by atoms with Gasteiger partial charge in [-0.3, -0.25) is 14.1 Å². The molecule has 0 saturated carbocycles. The lowest BCUT2D eigenvalue weighted by atomic mass is 10.0. The Hall–Kier alpha value is -2.84. The van der Waals surface area contributed by atoms with Gasteiger partial charge in [-0.25, -0.2) is 4.39 Å². The predicted octanol–water partition coefficient (Wildman–Crippen LogP) is 1.67. The smallest absolute Gasteiger partial charge is 0.252 e. The largest absolute Gasteiger partial charge is 0.379 e. The van der Waals surface area contributed by atoms with Crippen LogP contribution in [0, 0.1) is 5.82 Å². The fourth-order valence-electron chi connectivity index (χ4n) is 3.29. The van der Waals surface area contributed by atoms with E-state index >= 15 is 0 Å². The Balaban J connectivity index is 1.50. The molecule has 27 heavy (non-hydrogen) atoms. The number of hydrogen-bond acceptors (Lipinski definition) is 5. The molecule has 3 heterocycles. The minimum absolute atomic E-state index is 0.0444. The van der Waals surface area contributed by atoms with Crippen molar-refractivity contribution < 1.29 is 13.9 Å². The fourth-order valence-corrected chi connectivity index (χ4v) is 3.29. The van der Waals surface area contributed by atoms with E-state index in [9.17, 15) is 9.18 Å². The average molecular weight is 369 g/mol.